The molecule has 116 valence electrons. The molecular weight excluding hydrogens is 333 g/mol. The van der Waals surface area contributed by atoms with Crippen molar-refractivity contribution in [3.05, 3.63) is 75.1 Å². The van der Waals surface area contributed by atoms with Crippen molar-refractivity contribution < 1.29 is 4.39 Å². The summed E-state index contributed by atoms with van der Waals surface area (Å²) in [7, 11) is 1.70. The van der Waals surface area contributed by atoms with Gasteiger partial charge in [0, 0.05) is 28.6 Å². The van der Waals surface area contributed by atoms with Crippen LogP contribution in [0, 0.1) is 5.82 Å². The Morgan fingerprint density at radius 2 is 1.87 bits per heavy atom. The standard InChI is InChI=1S/C17H13ClFN3S/c1-20-17-22(21-10-13-4-2-3-5-15(13)19)16(11-23-17)12-6-8-14(18)9-7-12/h2-11H,1H3. The van der Waals surface area contributed by atoms with Crippen molar-refractivity contribution in [3.8, 4) is 11.3 Å². The third kappa shape index (κ3) is 3.41. The quantitative estimate of drug-likeness (QED) is 0.629. The van der Waals surface area contributed by atoms with Gasteiger partial charge in [-0.1, -0.05) is 41.9 Å². The van der Waals surface area contributed by atoms with E-state index in [1.165, 1.54) is 23.6 Å². The second-order valence-electron chi connectivity index (χ2n) is 4.71. The molecule has 0 N–H and O–H groups in total. The van der Waals surface area contributed by atoms with Crippen molar-refractivity contribution in [2.24, 2.45) is 10.1 Å². The summed E-state index contributed by atoms with van der Waals surface area (Å²) in [5.74, 6) is -0.310. The van der Waals surface area contributed by atoms with E-state index in [1.807, 2.05) is 29.6 Å². The number of thiazole rings is 1. The van der Waals surface area contributed by atoms with Crippen LogP contribution in [0.25, 0.3) is 11.3 Å². The first-order valence-corrected chi connectivity index (χ1v) is 8.13. The summed E-state index contributed by atoms with van der Waals surface area (Å²) in [4.78, 5) is 4.94. The molecule has 0 atom stereocenters. The van der Waals surface area contributed by atoms with Crippen LogP contribution in [0.2, 0.25) is 5.02 Å². The van der Waals surface area contributed by atoms with E-state index >= 15 is 0 Å². The normalized spacial score (nSPS) is 12.2. The lowest BCUT2D eigenvalue weighted by atomic mass is 10.2. The minimum atomic E-state index is -0.310. The lowest BCUT2D eigenvalue weighted by Crippen LogP contribution is -2.11. The highest BCUT2D eigenvalue weighted by molar-refractivity contribution is 7.07. The molecule has 23 heavy (non-hydrogen) atoms. The first kappa shape index (κ1) is 15.6. The Morgan fingerprint density at radius 1 is 1.13 bits per heavy atom. The van der Waals surface area contributed by atoms with Crippen molar-refractivity contribution in [2.45, 2.75) is 0 Å². The van der Waals surface area contributed by atoms with E-state index in [9.17, 15) is 4.39 Å². The molecule has 6 heteroatoms. The van der Waals surface area contributed by atoms with E-state index in [0.29, 0.717) is 10.6 Å². The Morgan fingerprint density at radius 3 is 2.57 bits per heavy atom. The van der Waals surface area contributed by atoms with Crippen LogP contribution in [-0.2, 0) is 0 Å². The lowest BCUT2D eigenvalue weighted by molar-refractivity contribution is 0.625. The zero-order chi connectivity index (χ0) is 16.2. The summed E-state index contributed by atoms with van der Waals surface area (Å²) in [5.41, 5.74) is 2.27. The van der Waals surface area contributed by atoms with E-state index in [2.05, 4.69) is 10.1 Å². The van der Waals surface area contributed by atoms with Crippen LogP contribution < -0.4 is 4.80 Å². The molecule has 0 bridgehead atoms. The van der Waals surface area contributed by atoms with Gasteiger partial charge in [0.2, 0.25) is 4.80 Å². The van der Waals surface area contributed by atoms with Crippen LogP contribution in [0.4, 0.5) is 4.39 Å². The highest BCUT2D eigenvalue weighted by Gasteiger charge is 2.07. The van der Waals surface area contributed by atoms with Crippen LogP contribution in [0.1, 0.15) is 5.56 Å². The molecule has 0 amide bonds. The Kier molecular flexibility index (Phi) is 4.69. The number of aromatic nitrogens is 1. The van der Waals surface area contributed by atoms with Gasteiger partial charge in [-0.15, -0.1) is 11.3 Å². The highest BCUT2D eigenvalue weighted by atomic mass is 35.5. The second-order valence-corrected chi connectivity index (χ2v) is 5.98. The molecule has 1 aromatic heterocycles. The molecule has 0 aliphatic heterocycles. The fraction of sp³-hybridized carbons (Fsp3) is 0.0588. The van der Waals surface area contributed by atoms with Crippen LogP contribution in [-0.4, -0.2) is 17.9 Å². The SMILES string of the molecule is CN=c1scc(-c2ccc(Cl)cc2)n1N=Cc1ccccc1F. The molecule has 0 saturated carbocycles. The topological polar surface area (TPSA) is 29.6 Å². The molecule has 0 unspecified atom stereocenters. The van der Waals surface area contributed by atoms with Crippen molar-refractivity contribution in [1.82, 2.24) is 4.68 Å². The second kappa shape index (κ2) is 6.89. The summed E-state index contributed by atoms with van der Waals surface area (Å²) in [6.07, 6.45) is 1.50. The maximum absolute atomic E-state index is 13.7. The van der Waals surface area contributed by atoms with Crippen LogP contribution in [0.5, 0.6) is 0 Å². The van der Waals surface area contributed by atoms with Gasteiger partial charge in [0.25, 0.3) is 0 Å². The Balaban J connectivity index is 2.06. The minimum absolute atomic E-state index is 0.310. The Labute approximate surface area is 142 Å². The summed E-state index contributed by atoms with van der Waals surface area (Å²) in [6.45, 7) is 0. The molecule has 0 radical (unpaired) electrons. The van der Waals surface area contributed by atoms with E-state index < -0.39 is 0 Å². The molecule has 0 saturated heterocycles. The van der Waals surface area contributed by atoms with E-state index in [4.69, 9.17) is 11.6 Å². The minimum Gasteiger partial charge on any atom is -0.261 e. The molecule has 3 aromatic rings. The molecule has 0 fully saturated rings. The summed E-state index contributed by atoms with van der Waals surface area (Å²) in [6, 6.07) is 14.0. The predicted octanol–water partition coefficient (Wildman–Crippen LogP) is 4.42. The number of halogens is 2. The monoisotopic (exact) mass is 345 g/mol. The van der Waals surface area contributed by atoms with Gasteiger partial charge in [-0.25, -0.2) is 9.07 Å². The zero-order valence-corrected chi connectivity index (χ0v) is 13.9. The average molecular weight is 346 g/mol. The molecule has 0 aliphatic rings. The summed E-state index contributed by atoms with van der Waals surface area (Å²) in [5, 5.41) is 7.04. The molecule has 3 nitrogen and oxygen atoms in total. The predicted molar refractivity (Wildman–Crippen MR) is 93.6 cm³/mol. The van der Waals surface area contributed by atoms with Crippen LogP contribution in [0.3, 0.4) is 0 Å². The van der Waals surface area contributed by atoms with E-state index in [-0.39, 0.29) is 5.82 Å². The van der Waals surface area contributed by atoms with Gasteiger partial charge >= 0.3 is 0 Å². The summed E-state index contributed by atoms with van der Waals surface area (Å²) < 4.78 is 15.4. The van der Waals surface area contributed by atoms with Crippen molar-refractivity contribution in [1.29, 1.82) is 0 Å². The molecular formula is C17H13ClFN3S. The van der Waals surface area contributed by atoms with E-state index in [1.54, 1.807) is 29.9 Å². The third-order valence-corrected chi connectivity index (χ3v) is 4.39. The molecule has 2 aromatic carbocycles. The average Bonchev–Trinajstić information content (AvgIpc) is 2.98. The molecule has 0 aliphatic carbocycles. The largest absolute Gasteiger partial charge is 0.261 e. The zero-order valence-electron chi connectivity index (χ0n) is 12.3. The van der Waals surface area contributed by atoms with Gasteiger partial charge in [0.15, 0.2) is 0 Å². The fourth-order valence-electron chi connectivity index (χ4n) is 2.08. The number of hydrogen-bond donors (Lipinski definition) is 0. The Hall–Kier alpha value is -2.24. The van der Waals surface area contributed by atoms with Gasteiger partial charge in [-0.2, -0.15) is 5.10 Å². The number of nitrogens with zero attached hydrogens (tertiary/aromatic N) is 3. The van der Waals surface area contributed by atoms with Crippen LogP contribution >= 0.6 is 22.9 Å². The van der Waals surface area contributed by atoms with E-state index in [0.717, 1.165) is 16.1 Å². The number of rotatable bonds is 3. The lowest BCUT2D eigenvalue weighted by Gasteiger charge is -2.03. The van der Waals surface area contributed by atoms with Crippen molar-refractivity contribution in [2.75, 3.05) is 7.05 Å². The highest BCUT2D eigenvalue weighted by Crippen LogP contribution is 2.22. The summed E-state index contributed by atoms with van der Waals surface area (Å²) >= 11 is 7.41. The van der Waals surface area contributed by atoms with Gasteiger partial charge in [0.1, 0.15) is 5.82 Å². The third-order valence-electron chi connectivity index (χ3n) is 3.23. The van der Waals surface area contributed by atoms with Crippen LogP contribution in [0.15, 0.2) is 64.0 Å². The maximum Gasteiger partial charge on any atom is 0.205 e. The van der Waals surface area contributed by atoms with Gasteiger partial charge < -0.3 is 0 Å². The maximum atomic E-state index is 13.7. The Bertz CT molecular complexity index is 910. The molecule has 1 heterocycles. The van der Waals surface area contributed by atoms with Gasteiger partial charge in [0.05, 0.1) is 11.9 Å². The van der Waals surface area contributed by atoms with Crippen molar-refractivity contribution >= 4 is 29.2 Å². The number of hydrogen-bond acceptors (Lipinski definition) is 3. The molecule has 3 rings (SSSR count). The van der Waals surface area contributed by atoms with Crippen molar-refractivity contribution in [3.63, 3.8) is 0 Å². The van der Waals surface area contributed by atoms with Gasteiger partial charge in [-0.05, 0) is 18.2 Å². The molecule has 0 spiro atoms. The van der Waals surface area contributed by atoms with Gasteiger partial charge in [-0.3, -0.25) is 4.99 Å². The first-order chi connectivity index (χ1) is 11.2. The number of benzene rings is 2. The first-order valence-electron chi connectivity index (χ1n) is 6.87. The smallest absolute Gasteiger partial charge is 0.205 e. The fourth-order valence-corrected chi connectivity index (χ4v) is 3.01.